The molecule has 48 valence electrons. The quantitative estimate of drug-likeness (QED) is 0.558. The molecule has 0 rings (SSSR count). The van der Waals surface area contributed by atoms with Crippen LogP contribution >= 0.6 is 0 Å². The minimum absolute atomic E-state index is 0.604. The van der Waals surface area contributed by atoms with E-state index in [1.807, 2.05) is 6.08 Å². The van der Waals surface area contributed by atoms with Gasteiger partial charge in [0.05, 0.1) is 0 Å². The van der Waals surface area contributed by atoms with E-state index in [0.717, 1.165) is 12.8 Å². The molecule has 0 bridgehead atoms. The molecule has 0 unspecified atom stereocenters. The van der Waals surface area contributed by atoms with Gasteiger partial charge in [-0.2, -0.15) is 0 Å². The third-order valence-electron chi connectivity index (χ3n) is 0.888. The fourth-order valence-corrected chi connectivity index (χ4v) is 0.399. The Labute approximate surface area is 49.5 Å². The zero-order valence-electron chi connectivity index (χ0n) is 5.37. The molecule has 0 heterocycles. The molecule has 0 aliphatic rings. The Balaban J connectivity index is 3.26. The van der Waals surface area contributed by atoms with Gasteiger partial charge in [0.15, 0.2) is 0 Å². The summed E-state index contributed by atoms with van der Waals surface area (Å²) in [5.41, 5.74) is 2.16. The fraction of sp³-hybridized carbons (Fsp3) is 0.667. The van der Waals surface area contributed by atoms with Crippen molar-refractivity contribution in [1.82, 2.24) is 5.54 Å². The van der Waals surface area contributed by atoms with Gasteiger partial charge in [0.1, 0.15) is 0 Å². The molecule has 8 heavy (non-hydrogen) atoms. The lowest BCUT2D eigenvalue weighted by atomic mass is 10.3. The molecule has 0 saturated heterocycles. The summed E-state index contributed by atoms with van der Waals surface area (Å²) < 4.78 is 11.4. The van der Waals surface area contributed by atoms with Crippen LogP contribution in [0.25, 0.3) is 0 Å². The Hall–Kier alpha value is -0.530. The third kappa shape index (κ3) is 3.65. The summed E-state index contributed by atoms with van der Waals surface area (Å²) in [7, 11) is 0. The van der Waals surface area contributed by atoms with E-state index in [4.69, 9.17) is 0 Å². The average Bonchev–Trinajstić information content (AvgIpc) is 1.83. The summed E-state index contributed by atoms with van der Waals surface area (Å²) in [4.78, 5) is 0. The van der Waals surface area contributed by atoms with E-state index in [0.29, 0.717) is 5.70 Å². The van der Waals surface area contributed by atoms with Crippen LogP contribution in [0.3, 0.4) is 0 Å². The highest BCUT2D eigenvalue weighted by Gasteiger charge is 1.80. The second-order valence-corrected chi connectivity index (χ2v) is 1.77. The number of nitrogens with one attached hydrogen (secondary N) is 1. The maximum Gasteiger partial charge on any atom is 0.0359 e. The van der Waals surface area contributed by atoms with Crippen molar-refractivity contribution in [2.75, 3.05) is 0 Å². The predicted molar refractivity (Wildman–Crippen MR) is 32.9 cm³/mol. The van der Waals surface area contributed by atoms with Gasteiger partial charge < -0.3 is 0 Å². The Morgan fingerprint density at radius 2 is 2.38 bits per heavy atom. The fourth-order valence-electron chi connectivity index (χ4n) is 0.399. The van der Waals surface area contributed by atoms with E-state index in [2.05, 4.69) is 6.92 Å². The van der Waals surface area contributed by atoms with E-state index >= 15 is 0 Å². The van der Waals surface area contributed by atoms with Crippen molar-refractivity contribution < 1.29 is 4.48 Å². The van der Waals surface area contributed by atoms with Gasteiger partial charge in [0, 0.05) is 5.70 Å². The number of hydrogen-bond acceptors (Lipinski definition) is 1. The first-order valence-corrected chi connectivity index (χ1v) is 2.84. The monoisotopic (exact) mass is 117 g/mol. The highest BCUT2D eigenvalue weighted by molar-refractivity contribution is 4.91. The van der Waals surface area contributed by atoms with E-state index in [1.165, 1.54) is 0 Å². The molecule has 0 aromatic rings. The van der Waals surface area contributed by atoms with E-state index in [-0.39, 0.29) is 0 Å². The number of hydrogen-bond donors (Lipinski definition) is 1. The summed E-state index contributed by atoms with van der Waals surface area (Å²) in [6.45, 7) is 3.76. The minimum atomic E-state index is 0.604. The van der Waals surface area contributed by atoms with Gasteiger partial charge in [-0.15, -0.1) is 4.48 Å². The zero-order chi connectivity index (χ0) is 6.41. The maximum absolute atomic E-state index is 11.4. The van der Waals surface area contributed by atoms with Crippen LogP contribution in [0.2, 0.25) is 0 Å². The molecule has 0 amide bonds. The van der Waals surface area contributed by atoms with E-state index < -0.39 is 0 Å². The van der Waals surface area contributed by atoms with Gasteiger partial charge in [-0.3, -0.25) is 0 Å². The lowest BCUT2D eigenvalue weighted by molar-refractivity contribution is 0.384. The molecular weight excluding hydrogens is 105 g/mol. The van der Waals surface area contributed by atoms with Crippen LogP contribution in [0.4, 0.5) is 4.48 Å². The largest absolute Gasteiger partial charge is 0.229 e. The summed E-state index contributed by atoms with van der Waals surface area (Å²) in [6.07, 6.45) is 3.85. The van der Waals surface area contributed by atoms with E-state index in [1.54, 1.807) is 12.5 Å². The van der Waals surface area contributed by atoms with E-state index in [9.17, 15) is 4.48 Å². The first-order valence-electron chi connectivity index (χ1n) is 2.84. The molecule has 0 aromatic carbocycles. The number of allylic oxidation sites excluding steroid dienone is 2. The van der Waals surface area contributed by atoms with Crippen LogP contribution in [0.1, 0.15) is 26.7 Å². The standard InChI is InChI=1S/C6H12FN/c1-3-4-5-6(2)8-7/h5,8H,3-4H2,1-2H3/b6-5+. The molecule has 2 heteroatoms. The predicted octanol–water partition coefficient (Wildman–Crippen LogP) is 2.16. The van der Waals surface area contributed by atoms with Crippen molar-refractivity contribution in [3.8, 4) is 0 Å². The second kappa shape index (κ2) is 4.62. The smallest absolute Gasteiger partial charge is 0.0359 e. The molecule has 0 radical (unpaired) electrons. The van der Waals surface area contributed by atoms with Crippen LogP contribution in [-0.4, -0.2) is 0 Å². The SMILES string of the molecule is CCC/C=C(\C)NF. The van der Waals surface area contributed by atoms with Gasteiger partial charge >= 0.3 is 0 Å². The van der Waals surface area contributed by atoms with Crippen LogP contribution in [-0.2, 0) is 0 Å². The topological polar surface area (TPSA) is 12.0 Å². The summed E-state index contributed by atoms with van der Waals surface area (Å²) in [5, 5.41) is 0. The first-order chi connectivity index (χ1) is 3.81. The van der Waals surface area contributed by atoms with Crippen molar-refractivity contribution in [2.24, 2.45) is 0 Å². The molecule has 0 atom stereocenters. The van der Waals surface area contributed by atoms with Gasteiger partial charge in [-0.25, -0.2) is 5.54 Å². The van der Waals surface area contributed by atoms with Gasteiger partial charge in [-0.05, 0) is 13.3 Å². The van der Waals surface area contributed by atoms with Crippen molar-refractivity contribution in [2.45, 2.75) is 26.7 Å². The molecular formula is C6H12FN. The number of rotatable bonds is 3. The second-order valence-electron chi connectivity index (χ2n) is 1.77. The normalized spacial score (nSPS) is 11.6. The number of halogens is 1. The highest BCUT2D eigenvalue weighted by Crippen LogP contribution is 1.93. The van der Waals surface area contributed by atoms with Crippen LogP contribution < -0.4 is 5.54 Å². The molecule has 0 aliphatic carbocycles. The van der Waals surface area contributed by atoms with Crippen LogP contribution in [0.15, 0.2) is 11.8 Å². The molecule has 0 aliphatic heterocycles. The molecule has 1 N–H and O–H groups in total. The molecule has 0 saturated carbocycles. The Kier molecular flexibility index (Phi) is 4.32. The highest BCUT2D eigenvalue weighted by atomic mass is 19.2. The lowest BCUT2D eigenvalue weighted by Crippen LogP contribution is -1.93. The Morgan fingerprint density at radius 3 is 2.75 bits per heavy atom. The van der Waals surface area contributed by atoms with Crippen molar-refractivity contribution in [3.63, 3.8) is 0 Å². The summed E-state index contributed by atoms with van der Waals surface area (Å²) in [6, 6.07) is 0. The van der Waals surface area contributed by atoms with Gasteiger partial charge in [0.2, 0.25) is 0 Å². The molecule has 0 spiro atoms. The first kappa shape index (κ1) is 7.47. The van der Waals surface area contributed by atoms with Crippen LogP contribution in [0.5, 0.6) is 0 Å². The van der Waals surface area contributed by atoms with Gasteiger partial charge in [0.25, 0.3) is 0 Å². The van der Waals surface area contributed by atoms with Crippen molar-refractivity contribution in [1.29, 1.82) is 0 Å². The average molecular weight is 117 g/mol. The van der Waals surface area contributed by atoms with Crippen molar-refractivity contribution in [3.05, 3.63) is 11.8 Å². The number of unbranched alkanes of at least 4 members (excludes halogenated alkanes) is 1. The summed E-state index contributed by atoms with van der Waals surface area (Å²) in [5.74, 6) is 0. The Bertz CT molecular complexity index is 78.6. The maximum atomic E-state index is 11.4. The third-order valence-corrected chi connectivity index (χ3v) is 0.888. The molecule has 1 nitrogen and oxygen atoms in total. The Morgan fingerprint density at radius 1 is 1.75 bits per heavy atom. The van der Waals surface area contributed by atoms with Gasteiger partial charge in [-0.1, -0.05) is 19.4 Å². The lowest BCUT2D eigenvalue weighted by Gasteiger charge is -1.91. The van der Waals surface area contributed by atoms with Crippen LogP contribution in [0, 0.1) is 0 Å². The van der Waals surface area contributed by atoms with Crippen molar-refractivity contribution >= 4 is 0 Å². The minimum Gasteiger partial charge on any atom is -0.229 e. The molecule has 0 aromatic heterocycles. The zero-order valence-corrected chi connectivity index (χ0v) is 5.37. The summed E-state index contributed by atoms with van der Waals surface area (Å²) >= 11 is 0. The molecule has 0 fully saturated rings.